The topological polar surface area (TPSA) is 163 Å². The van der Waals surface area contributed by atoms with E-state index in [1.54, 1.807) is 35.6 Å². The number of methoxy groups -OCH3 is 1. The highest BCUT2D eigenvalue weighted by molar-refractivity contribution is 7.18. The van der Waals surface area contributed by atoms with Crippen LogP contribution < -0.4 is 20.7 Å². The van der Waals surface area contributed by atoms with Crippen LogP contribution in [0.4, 0.5) is 24.5 Å². The highest BCUT2D eigenvalue weighted by Crippen LogP contribution is 2.42. The first-order valence-corrected chi connectivity index (χ1v) is 23.5. The van der Waals surface area contributed by atoms with Crippen LogP contribution in [0.15, 0.2) is 48.5 Å². The molecular formula is C48H56F3N7O6S. The van der Waals surface area contributed by atoms with Crippen molar-refractivity contribution in [3.63, 3.8) is 0 Å². The van der Waals surface area contributed by atoms with E-state index in [0.29, 0.717) is 64.9 Å². The van der Waals surface area contributed by atoms with Crippen LogP contribution in [-0.4, -0.2) is 88.6 Å². The molecule has 3 N–H and O–H groups in total. The molecule has 4 aromatic rings. The summed E-state index contributed by atoms with van der Waals surface area (Å²) < 4.78 is 46.0. The number of nitrogens with zero attached hydrogens (tertiary/aromatic N) is 4. The zero-order valence-electron chi connectivity index (χ0n) is 37.1. The fourth-order valence-corrected chi connectivity index (χ4v) is 11.4. The van der Waals surface area contributed by atoms with Gasteiger partial charge in [-0.1, -0.05) is 26.0 Å². The zero-order valence-corrected chi connectivity index (χ0v) is 37.9. The first kappa shape index (κ1) is 46.1. The highest BCUT2D eigenvalue weighted by atomic mass is 32.1. The molecule has 2 aromatic carbocycles. The van der Waals surface area contributed by atoms with Crippen molar-refractivity contribution < 1.29 is 41.9 Å². The molecule has 8 rings (SSSR count). The lowest BCUT2D eigenvalue weighted by Gasteiger charge is -2.39. The number of alkyl halides is 3. The Morgan fingerprint density at radius 3 is 2.34 bits per heavy atom. The quantitative estimate of drug-likeness (QED) is 0.104. The molecule has 4 heterocycles. The summed E-state index contributed by atoms with van der Waals surface area (Å²) >= 11 is 1.58. The number of piperidine rings is 1. The van der Waals surface area contributed by atoms with Crippen LogP contribution >= 0.6 is 11.3 Å². The molecule has 2 atom stereocenters. The van der Waals surface area contributed by atoms with Gasteiger partial charge in [0.2, 0.25) is 11.8 Å². The molecule has 0 bridgehead atoms. The molecule has 65 heavy (non-hydrogen) atoms. The number of benzene rings is 2. The molecule has 4 aliphatic rings. The van der Waals surface area contributed by atoms with Gasteiger partial charge in [-0.3, -0.25) is 34.2 Å². The number of aromatic nitrogens is 2. The minimum atomic E-state index is -4.67. The molecule has 1 saturated heterocycles. The Labute approximate surface area is 380 Å². The number of rotatable bonds is 14. The highest BCUT2D eigenvalue weighted by Gasteiger charge is 2.46. The second-order valence-electron chi connectivity index (χ2n) is 18.6. The van der Waals surface area contributed by atoms with Gasteiger partial charge < -0.3 is 20.3 Å². The summed E-state index contributed by atoms with van der Waals surface area (Å²) in [6.45, 7) is 6.18. The third kappa shape index (κ3) is 10.1. The number of fused-ring (bicyclic) bond motifs is 2. The summed E-state index contributed by atoms with van der Waals surface area (Å²) in [5, 5.41) is 9.49. The minimum Gasteiger partial charge on any atom is -0.494 e. The zero-order chi connectivity index (χ0) is 46.2. The predicted octanol–water partition coefficient (Wildman–Crippen LogP) is 8.91. The van der Waals surface area contributed by atoms with Crippen molar-refractivity contribution in [2.75, 3.05) is 37.9 Å². The van der Waals surface area contributed by atoms with Crippen LogP contribution in [0, 0.1) is 23.7 Å². The van der Waals surface area contributed by atoms with Gasteiger partial charge in [0.15, 0.2) is 0 Å². The summed E-state index contributed by atoms with van der Waals surface area (Å²) in [6, 6.07) is 11.5. The Kier molecular flexibility index (Phi) is 13.6. The van der Waals surface area contributed by atoms with Crippen LogP contribution in [0.5, 0.6) is 5.75 Å². The Hall–Kier alpha value is -5.42. The number of anilines is 2. The molecular weight excluding hydrogens is 860 g/mol. The summed E-state index contributed by atoms with van der Waals surface area (Å²) in [5.74, 6) is -0.150. The van der Waals surface area contributed by atoms with Gasteiger partial charge in [-0.2, -0.15) is 13.2 Å². The Bertz CT molecular complexity index is 2460. The molecule has 2 saturated carbocycles. The molecule has 1 unspecified atom stereocenters. The number of hydrogen-bond donors (Lipinski definition) is 3. The Morgan fingerprint density at radius 1 is 0.923 bits per heavy atom. The van der Waals surface area contributed by atoms with Crippen molar-refractivity contribution in [2.45, 2.75) is 109 Å². The molecule has 0 radical (unpaired) electrons. The van der Waals surface area contributed by atoms with E-state index in [0.717, 1.165) is 96.6 Å². The number of ether oxygens (including phenoxy) is 1. The lowest BCUT2D eigenvalue weighted by Crippen LogP contribution is -2.54. The predicted molar refractivity (Wildman–Crippen MR) is 241 cm³/mol. The van der Waals surface area contributed by atoms with Gasteiger partial charge in [-0.25, -0.2) is 9.97 Å². The lowest BCUT2D eigenvalue weighted by atomic mass is 9.77. The number of imide groups is 2. The first-order chi connectivity index (χ1) is 31.1. The molecule has 2 aliphatic carbocycles. The molecule has 346 valence electrons. The van der Waals surface area contributed by atoms with E-state index in [4.69, 9.17) is 9.72 Å². The van der Waals surface area contributed by atoms with Crippen molar-refractivity contribution in [3.05, 3.63) is 76.1 Å². The van der Waals surface area contributed by atoms with Gasteiger partial charge in [-0.05, 0) is 125 Å². The van der Waals surface area contributed by atoms with Gasteiger partial charge in [0, 0.05) is 43.2 Å². The third-order valence-electron chi connectivity index (χ3n) is 14.0. The largest absolute Gasteiger partial charge is 0.494 e. The number of nitrogens with one attached hydrogen (secondary N) is 3. The molecule has 3 fully saturated rings. The maximum atomic E-state index is 13.6. The summed E-state index contributed by atoms with van der Waals surface area (Å²) in [6.07, 6.45) is 5.52. The van der Waals surface area contributed by atoms with Crippen LogP contribution in [-0.2, 0) is 15.8 Å². The fraction of sp³-hybridized carbons (Fsp3) is 0.521. The average molecular weight is 916 g/mol. The van der Waals surface area contributed by atoms with E-state index in [-0.39, 0.29) is 24.1 Å². The fourth-order valence-electron chi connectivity index (χ4n) is 10.2. The van der Waals surface area contributed by atoms with Crippen molar-refractivity contribution in [2.24, 2.45) is 23.7 Å². The number of carbonyl (C=O) groups excluding carboxylic acids is 5. The van der Waals surface area contributed by atoms with E-state index >= 15 is 0 Å². The third-order valence-corrected chi connectivity index (χ3v) is 15.2. The van der Waals surface area contributed by atoms with Gasteiger partial charge in [0.25, 0.3) is 17.7 Å². The van der Waals surface area contributed by atoms with Crippen molar-refractivity contribution >= 4 is 62.5 Å². The van der Waals surface area contributed by atoms with E-state index in [1.165, 1.54) is 13.2 Å². The van der Waals surface area contributed by atoms with Crippen LogP contribution in [0.25, 0.3) is 10.2 Å². The maximum Gasteiger partial charge on any atom is 0.433 e. The van der Waals surface area contributed by atoms with Gasteiger partial charge in [-0.15, -0.1) is 11.3 Å². The van der Waals surface area contributed by atoms with E-state index in [1.807, 2.05) is 6.07 Å². The van der Waals surface area contributed by atoms with Crippen LogP contribution in [0.3, 0.4) is 0 Å². The van der Waals surface area contributed by atoms with Crippen LogP contribution in [0.2, 0.25) is 0 Å². The lowest BCUT2D eigenvalue weighted by molar-refractivity contribution is -0.141. The number of amides is 5. The molecule has 2 aliphatic heterocycles. The molecule has 2 aromatic heterocycles. The summed E-state index contributed by atoms with van der Waals surface area (Å²) in [4.78, 5) is 76.3. The smallest absolute Gasteiger partial charge is 0.433 e. The van der Waals surface area contributed by atoms with Gasteiger partial charge in [0.05, 0.1) is 39.1 Å². The number of halogens is 3. The summed E-state index contributed by atoms with van der Waals surface area (Å²) in [5.41, 5.74) is 0.765. The Balaban J connectivity index is 0.801. The van der Waals surface area contributed by atoms with E-state index in [9.17, 15) is 37.1 Å². The van der Waals surface area contributed by atoms with Crippen molar-refractivity contribution in [1.82, 2.24) is 25.1 Å². The van der Waals surface area contributed by atoms with Crippen molar-refractivity contribution in [1.29, 1.82) is 0 Å². The Morgan fingerprint density at radius 2 is 1.65 bits per heavy atom. The number of pyridine rings is 1. The standard InChI is InChI=1S/C48H56F3N7O6S/c1-26(2)30(24-52-33-8-5-7-32-42(33)47(63)58(46(32)62)37-19-20-41(59)56-44(37)61)21-27-13-17-31(18-14-27)57(3)25-28-11-15-29(16-12-28)45-55-36-22-38(64-4)35(23-39(36)65-45)54-43(60)34-9-6-10-40(53-34)48(49,50)51/h5-10,22-23,26-31,37,52H,11-21,24-25H2,1-4H3,(H,54,60)(H,56,59,61)/t27?,28?,29?,30-,31?,37?/m1/s1. The molecule has 17 heteroatoms. The first-order valence-electron chi connectivity index (χ1n) is 22.7. The van der Waals surface area contributed by atoms with Crippen molar-refractivity contribution in [3.8, 4) is 5.75 Å². The molecule has 0 spiro atoms. The van der Waals surface area contributed by atoms with Crippen LogP contribution in [0.1, 0.15) is 132 Å². The van der Waals surface area contributed by atoms with Gasteiger partial charge >= 0.3 is 6.18 Å². The number of carbonyl (C=O) groups is 5. The number of hydrogen-bond acceptors (Lipinski definition) is 11. The maximum absolute atomic E-state index is 13.6. The second kappa shape index (κ2) is 19.2. The van der Waals surface area contributed by atoms with Gasteiger partial charge in [0.1, 0.15) is 23.2 Å². The monoisotopic (exact) mass is 915 g/mol. The van der Waals surface area contributed by atoms with E-state index < -0.39 is 47.4 Å². The van der Waals surface area contributed by atoms with E-state index in [2.05, 4.69) is 46.7 Å². The normalized spacial score (nSPS) is 23.2. The summed E-state index contributed by atoms with van der Waals surface area (Å²) in [7, 11) is 3.74. The SMILES string of the molecule is COc1cc2nc(C3CCC(CN(C)C4CCC(C[C@H](CNc5cccc6c5C(=O)N(C5CCC(=O)NC5=O)C6=O)C(C)C)CC4)CC3)sc2cc1NC(=O)c1cccc(C(F)(F)F)n1. The minimum absolute atomic E-state index is 0.0759. The molecule has 5 amide bonds. The number of thiazole rings is 1. The second-order valence-corrected chi connectivity index (χ2v) is 19.6. The molecule has 13 nitrogen and oxygen atoms in total. The average Bonchev–Trinajstić information content (AvgIpc) is 3.81.